The van der Waals surface area contributed by atoms with Crippen LogP contribution in [0.25, 0.3) is 6.08 Å². The lowest BCUT2D eigenvalue weighted by Gasteiger charge is -2.09. The second-order valence-electron chi connectivity index (χ2n) is 5.37. The highest BCUT2D eigenvalue weighted by Gasteiger charge is 2.10. The van der Waals surface area contributed by atoms with Crippen LogP contribution < -0.4 is 10.6 Å². The summed E-state index contributed by atoms with van der Waals surface area (Å²) in [5, 5.41) is 16.1. The number of carbonyl (C=O) groups is 2. The van der Waals surface area contributed by atoms with Gasteiger partial charge in [-0.1, -0.05) is 28.1 Å². The molecule has 0 bridgehead atoms. The number of nitrogens with zero attached hydrogens (tertiary/aromatic N) is 1. The van der Waals surface area contributed by atoms with Crippen LogP contribution in [0.5, 0.6) is 0 Å². The Kier molecular flexibility index (Phi) is 6.62. The first-order valence-corrected chi connectivity index (χ1v) is 8.41. The molecule has 134 valence electrons. The molecule has 0 saturated carbocycles. The maximum atomic E-state index is 11.9. The molecule has 0 radical (unpaired) electrons. The number of amides is 2. The van der Waals surface area contributed by atoms with E-state index in [0.717, 1.165) is 16.1 Å². The fourth-order valence-electron chi connectivity index (χ4n) is 2.15. The topological polar surface area (TPSA) is 101 Å². The third-order valence-corrected chi connectivity index (χ3v) is 3.93. The van der Waals surface area contributed by atoms with Crippen LogP contribution in [0.15, 0.2) is 53.0 Å². The second kappa shape index (κ2) is 8.91. The number of rotatable bonds is 6. The Labute approximate surface area is 158 Å². The van der Waals surface area contributed by atoms with Gasteiger partial charge in [-0.3, -0.25) is 19.7 Å². The molecule has 26 heavy (non-hydrogen) atoms. The van der Waals surface area contributed by atoms with E-state index in [-0.39, 0.29) is 18.1 Å². The first-order chi connectivity index (χ1) is 12.4. The number of hydrogen-bond donors (Lipinski definition) is 2. The molecule has 0 aromatic heterocycles. The van der Waals surface area contributed by atoms with Gasteiger partial charge >= 0.3 is 0 Å². The molecule has 2 aromatic rings. The highest BCUT2D eigenvalue weighted by Crippen LogP contribution is 2.20. The van der Waals surface area contributed by atoms with Crippen molar-refractivity contribution < 1.29 is 14.5 Å². The third kappa shape index (κ3) is 5.52. The summed E-state index contributed by atoms with van der Waals surface area (Å²) < 4.78 is 0.904. The van der Waals surface area contributed by atoms with Gasteiger partial charge in [0.05, 0.1) is 17.0 Å². The second-order valence-corrected chi connectivity index (χ2v) is 6.29. The van der Waals surface area contributed by atoms with Crippen molar-refractivity contribution in [3.63, 3.8) is 0 Å². The van der Waals surface area contributed by atoms with E-state index in [2.05, 4.69) is 26.6 Å². The number of anilines is 1. The fourth-order valence-corrected chi connectivity index (χ4v) is 2.62. The summed E-state index contributed by atoms with van der Waals surface area (Å²) >= 11 is 3.34. The van der Waals surface area contributed by atoms with Crippen molar-refractivity contribution in [2.24, 2.45) is 0 Å². The van der Waals surface area contributed by atoms with Crippen LogP contribution in [0.4, 0.5) is 11.4 Å². The lowest BCUT2D eigenvalue weighted by atomic mass is 10.1. The van der Waals surface area contributed by atoms with Crippen molar-refractivity contribution >= 4 is 45.2 Å². The van der Waals surface area contributed by atoms with Crippen LogP contribution in [0.2, 0.25) is 0 Å². The Bertz CT molecular complexity index is 880. The van der Waals surface area contributed by atoms with E-state index in [4.69, 9.17) is 0 Å². The number of benzene rings is 2. The average molecular weight is 418 g/mol. The summed E-state index contributed by atoms with van der Waals surface area (Å²) in [5.41, 5.74) is 1.75. The Balaban J connectivity index is 1.90. The number of carbonyl (C=O) groups excluding carboxylic acids is 2. The molecule has 2 N–H and O–H groups in total. The van der Waals surface area contributed by atoms with Crippen LogP contribution in [0.1, 0.15) is 11.1 Å². The molecule has 0 heterocycles. The summed E-state index contributed by atoms with van der Waals surface area (Å²) in [7, 11) is 0. The van der Waals surface area contributed by atoms with Crippen molar-refractivity contribution in [2.45, 2.75) is 6.92 Å². The Hall–Kier alpha value is -3.00. The van der Waals surface area contributed by atoms with Gasteiger partial charge < -0.3 is 10.6 Å². The van der Waals surface area contributed by atoms with Gasteiger partial charge in [0, 0.05) is 22.3 Å². The largest absolute Gasteiger partial charge is 0.343 e. The van der Waals surface area contributed by atoms with Crippen LogP contribution in [-0.4, -0.2) is 23.3 Å². The van der Waals surface area contributed by atoms with Gasteiger partial charge in [-0.2, -0.15) is 0 Å². The molecule has 2 aromatic carbocycles. The van der Waals surface area contributed by atoms with Crippen molar-refractivity contribution in [3.05, 3.63) is 74.3 Å². The van der Waals surface area contributed by atoms with Gasteiger partial charge in [0.2, 0.25) is 11.8 Å². The lowest BCUT2D eigenvalue weighted by Crippen LogP contribution is -2.31. The summed E-state index contributed by atoms with van der Waals surface area (Å²) in [6, 6.07) is 11.5. The quantitative estimate of drug-likeness (QED) is 0.426. The zero-order valence-corrected chi connectivity index (χ0v) is 15.4. The SMILES string of the molecule is Cc1cc(Br)ccc1NC(=O)CNC(=O)/C=C/c1ccccc1[N+](=O)[O-]. The highest BCUT2D eigenvalue weighted by molar-refractivity contribution is 9.10. The van der Waals surface area contributed by atoms with Crippen LogP contribution in [0, 0.1) is 17.0 Å². The molecule has 0 unspecified atom stereocenters. The number of nitro benzene ring substituents is 1. The minimum atomic E-state index is -0.522. The fraction of sp³-hybridized carbons (Fsp3) is 0.111. The molecular formula is C18H16BrN3O4. The zero-order chi connectivity index (χ0) is 19.1. The van der Waals surface area contributed by atoms with E-state index in [1.807, 2.05) is 13.0 Å². The van der Waals surface area contributed by atoms with E-state index < -0.39 is 10.8 Å². The number of nitro groups is 1. The number of halogens is 1. The molecule has 0 atom stereocenters. The maximum absolute atomic E-state index is 11.9. The number of hydrogen-bond acceptors (Lipinski definition) is 4. The third-order valence-electron chi connectivity index (χ3n) is 3.43. The first-order valence-electron chi connectivity index (χ1n) is 7.62. The number of aryl methyl sites for hydroxylation is 1. The van der Waals surface area contributed by atoms with Crippen molar-refractivity contribution in [2.75, 3.05) is 11.9 Å². The average Bonchev–Trinajstić information content (AvgIpc) is 2.60. The molecule has 0 aliphatic rings. The summed E-state index contributed by atoms with van der Waals surface area (Å²) in [5.74, 6) is -0.895. The van der Waals surface area contributed by atoms with E-state index in [1.165, 1.54) is 18.2 Å². The van der Waals surface area contributed by atoms with E-state index in [0.29, 0.717) is 11.3 Å². The minimum Gasteiger partial charge on any atom is -0.343 e. The molecule has 7 nitrogen and oxygen atoms in total. The van der Waals surface area contributed by atoms with Crippen LogP contribution in [-0.2, 0) is 9.59 Å². The van der Waals surface area contributed by atoms with Crippen molar-refractivity contribution in [1.82, 2.24) is 5.32 Å². The molecule has 0 spiro atoms. The van der Waals surface area contributed by atoms with Gasteiger partial charge in [-0.15, -0.1) is 0 Å². The van der Waals surface area contributed by atoms with E-state index in [9.17, 15) is 19.7 Å². The Morgan fingerprint density at radius 2 is 1.96 bits per heavy atom. The monoisotopic (exact) mass is 417 g/mol. The van der Waals surface area contributed by atoms with E-state index >= 15 is 0 Å². The highest BCUT2D eigenvalue weighted by atomic mass is 79.9. The van der Waals surface area contributed by atoms with Gasteiger partial charge in [0.15, 0.2) is 0 Å². The standard InChI is InChI=1S/C18H16BrN3O4/c1-12-10-14(19)7-8-15(12)21-18(24)11-20-17(23)9-6-13-4-2-3-5-16(13)22(25)26/h2-10H,11H2,1H3,(H,20,23)(H,21,24)/b9-6+. The molecular weight excluding hydrogens is 402 g/mol. The summed E-state index contributed by atoms with van der Waals surface area (Å²) in [6.45, 7) is 1.64. The van der Waals surface area contributed by atoms with Gasteiger partial charge in [-0.25, -0.2) is 0 Å². The van der Waals surface area contributed by atoms with Gasteiger partial charge in [0.1, 0.15) is 0 Å². The minimum absolute atomic E-state index is 0.0972. The molecule has 0 saturated heterocycles. The summed E-state index contributed by atoms with van der Waals surface area (Å²) in [4.78, 5) is 34.1. The normalized spacial score (nSPS) is 10.5. The molecule has 2 rings (SSSR count). The van der Waals surface area contributed by atoms with Crippen molar-refractivity contribution in [1.29, 1.82) is 0 Å². The molecule has 8 heteroatoms. The zero-order valence-electron chi connectivity index (χ0n) is 13.9. The molecule has 0 aliphatic carbocycles. The van der Waals surface area contributed by atoms with Crippen LogP contribution in [0.3, 0.4) is 0 Å². The van der Waals surface area contributed by atoms with Gasteiger partial charge in [-0.05, 0) is 42.8 Å². The van der Waals surface area contributed by atoms with Crippen LogP contribution >= 0.6 is 15.9 Å². The first kappa shape index (κ1) is 19.3. The smallest absolute Gasteiger partial charge is 0.276 e. The maximum Gasteiger partial charge on any atom is 0.276 e. The Morgan fingerprint density at radius 3 is 2.65 bits per heavy atom. The predicted molar refractivity (Wildman–Crippen MR) is 103 cm³/mol. The lowest BCUT2D eigenvalue weighted by molar-refractivity contribution is -0.385. The molecule has 0 fully saturated rings. The van der Waals surface area contributed by atoms with E-state index in [1.54, 1.807) is 24.3 Å². The Morgan fingerprint density at radius 1 is 1.23 bits per heavy atom. The number of nitrogens with one attached hydrogen (secondary N) is 2. The van der Waals surface area contributed by atoms with Crippen molar-refractivity contribution in [3.8, 4) is 0 Å². The predicted octanol–water partition coefficient (Wildman–Crippen LogP) is 3.43. The summed E-state index contributed by atoms with van der Waals surface area (Å²) in [6.07, 6.45) is 2.49. The van der Waals surface area contributed by atoms with Gasteiger partial charge in [0.25, 0.3) is 5.69 Å². The molecule has 2 amide bonds. The number of para-hydroxylation sites is 1. The molecule has 0 aliphatic heterocycles.